The van der Waals surface area contributed by atoms with Crippen molar-refractivity contribution in [3.63, 3.8) is 0 Å². The number of anilines is 2. The van der Waals surface area contributed by atoms with Gasteiger partial charge in [0, 0.05) is 30.0 Å². The molecule has 0 saturated carbocycles. The van der Waals surface area contributed by atoms with Gasteiger partial charge in [-0.15, -0.1) is 0 Å². The number of rotatable bonds is 10. The predicted octanol–water partition coefficient (Wildman–Crippen LogP) is 5.93. The van der Waals surface area contributed by atoms with E-state index >= 15 is 0 Å². The van der Waals surface area contributed by atoms with Gasteiger partial charge in [0.05, 0.1) is 23.6 Å². The monoisotopic (exact) mass is 574 g/mol. The summed E-state index contributed by atoms with van der Waals surface area (Å²) in [5.41, 5.74) is 5.08. The summed E-state index contributed by atoms with van der Waals surface area (Å²) in [4.78, 5) is 47.9. The van der Waals surface area contributed by atoms with Gasteiger partial charge in [-0.3, -0.25) is 14.6 Å². The van der Waals surface area contributed by atoms with Crippen LogP contribution >= 0.6 is 0 Å². The molecule has 0 saturated heterocycles. The number of aliphatic imine (C=N–C) groups is 1. The molecule has 1 aliphatic rings. The molecule has 0 fully saturated rings. The van der Waals surface area contributed by atoms with Crippen LogP contribution in [0.3, 0.4) is 0 Å². The number of likely N-dealkylation sites (N-methyl/N-ethyl adjacent to an activating group) is 1. The zero-order valence-electron chi connectivity index (χ0n) is 24.5. The Hall–Kier alpha value is -5.08. The van der Waals surface area contributed by atoms with Crippen molar-refractivity contribution in [3.05, 3.63) is 125 Å². The van der Waals surface area contributed by atoms with Crippen LogP contribution in [0, 0.1) is 0 Å². The Balaban J connectivity index is 1.50. The van der Waals surface area contributed by atoms with E-state index in [1.165, 1.54) is 0 Å². The molecular weight excluding hydrogens is 540 g/mol. The first-order chi connectivity index (χ1) is 20.9. The molecule has 2 amide bonds. The largest absolute Gasteiger partial charge is 0.462 e. The first kappa shape index (κ1) is 29.4. The fourth-order valence-corrected chi connectivity index (χ4v) is 5.01. The first-order valence-corrected chi connectivity index (χ1v) is 14.2. The quantitative estimate of drug-likeness (QED) is 0.187. The van der Waals surface area contributed by atoms with Crippen molar-refractivity contribution in [1.82, 2.24) is 4.90 Å². The Morgan fingerprint density at radius 2 is 1.47 bits per heavy atom. The maximum Gasteiger partial charge on any atom is 0.338 e. The Morgan fingerprint density at radius 1 is 0.814 bits per heavy atom. The molecule has 1 aliphatic heterocycles. The summed E-state index contributed by atoms with van der Waals surface area (Å²) in [5, 5.41) is 2.92. The normalized spacial score (nSPS) is 14.3. The topological polar surface area (TPSA) is 91.3 Å². The molecule has 4 aromatic carbocycles. The lowest BCUT2D eigenvalue weighted by atomic mass is 9.90. The number of hydrogen-bond donors (Lipinski definition) is 1. The molecule has 0 spiro atoms. The number of carbonyl (C=O) groups excluding carboxylic acids is 3. The molecule has 0 bridgehead atoms. The molecule has 8 nitrogen and oxygen atoms in total. The van der Waals surface area contributed by atoms with E-state index in [4.69, 9.17) is 9.73 Å². The van der Waals surface area contributed by atoms with E-state index in [9.17, 15) is 14.4 Å². The van der Waals surface area contributed by atoms with Gasteiger partial charge >= 0.3 is 5.97 Å². The van der Waals surface area contributed by atoms with E-state index in [-0.39, 0.29) is 18.4 Å². The minimum Gasteiger partial charge on any atom is -0.462 e. The third-order valence-corrected chi connectivity index (χ3v) is 7.19. The van der Waals surface area contributed by atoms with Gasteiger partial charge in [-0.2, -0.15) is 0 Å². The average Bonchev–Trinajstić information content (AvgIpc) is 3.36. The molecule has 1 N–H and O–H groups in total. The van der Waals surface area contributed by atoms with Gasteiger partial charge in [0.2, 0.25) is 5.91 Å². The SMILES string of the molecule is CCOC(=O)c1ccc2c(c1)NC(=O)C2C(=Nc1ccc(N(CCN(C)C)C(=O)c2ccccc2)cc1)c1ccccc1. The molecule has 4 aromatic rings. The predicted molar refractivity (Wildman–Crippen MR) is 170 cm³/mol. The highest BCUT2D eigenvalue weighted by Gasteiger charge is 2.36. The number of amides is 2. The molecule has 0 aromatic heterocycles. The van der Waals surface area contributed by atoms with Crippen molar-refractivity contribution in [2.24, 2.45) is 4.99 Å². The maximum absolute atomic E-state index is 13.4. The van der Waals surface area contributed by atoms with Gasteiger partial charge in [0.1, 0.15) is 5.92 Å². The molecular formula is C35H34N4O4. The van der Waals surface area contributed by atoms with E-state index in [0.717, 1.165) is 16.8 Å². The molecule has 0 aliphatic carbocycles. The fraction of sp³-hybridized carbons (Fsp3) is 0.200. The fourth-order valence-electron chi connectivity index (χ4n) is 5.01. The van der Waals surface area contributed by atoms with Crippen molar-refractivity contribution in [3.8, 4) is 0 Å². The zero-order valence-corrected chi connectivity index (χ0v) is 24.5. The molecule has 43 heavy (non-hydrogen) atoms. The van der Waals surface area contributed by atoms with E-state index in [0.29, 0.717) is 41.3 Å². The summed E-state index contributed by atoms with van der Waals surface area (Å²) < 4.78 is 5.13. The van der Waals surface area contributed by atoms with Crippen LogP contribution in [0.15, 0.2) is 108 Å². The lowest BCUT2D eigenvalue weighted by Crippen LogP contribution is -2.36. The van der Waals surface area contributed by atoms with Crippen LogP contribution in [0.4, 0.5) is 17.1 Å². The summed E-state index contributed by atoms with van der Waals surface area (Å²) in [6, 6.07) is 31.4. The number of ether oxygens (including phenoxy) is 1. The third-order valence-electron chi connectivity index (χ3n) is 7.19. The van der Waals surface area contributed by atoms with Crippen LogP contribution in [-0.4, -0.2) is 62.2 Å². The van der Waals surface area contributed by atoms with Crippen molar-refractivity contribution < 1.29 is 19.1 Å². The van der Waals surface area contributed by atoms with E-state index in [2.05, 4.69) is 5.32 Å². The Bertz CT molecular complexity index is 1630. The lowest BCUT2D eigenvalue weighted by Gasteiger charge is -2.25. The number of fused-ring (bicyclic) bond motifs is 1. The van der Waals surface area contributed by atoms with Crippen LogP contribution in [0.25, 0.3) is 0 Å². The second-order valence-corrected chi connectivity index (χ2v) is 10.5. The highest BCUT2D eigenvalue weighted by Crippen LogP contribution is 2.37. The van der Waals surface area contributed by atoms with Crippen LogP contribution in [0.1, 0.15) is 44.7 Å². The summed E-state index contributed by atoms with van der Waals surface area (Å²) in [5.74, 6) is -1.42. The van der Waals surface area contributed by atoms with Crippen molar-refractivity contribution in [2.75, 3.05) is 44.0 Å². The molecule has 218 valence electrons. The number of esters is 1. The summed E-state index contributed by atoms with van der Waals surface area (Å²) in [6.45, 7) is 3.24. The van der Waals surface area contributed by atoms with Crippen molar-refractivity contribution in [1.29, 1.82) is 0 Å². The number of nitrogens with zero attached hydrogens (tertiary/aromatic N) is 3. The van der Waals surface area contributed by atoms with Gasteiger partial charge in [-0.05, 0) is 80.7 Å². The van der Waals surface area contributed by atoms with Crippen LogP contribution < -0.4 is 10.2 Å². The standard InChI is InChI=1S/C35H34N4O4/c1-4-43-35(42)26-15-20-29-30(23-26)37-33(40)31(29)32(24-11-7-5-8-12-24)36-27-16-18-28(19-17-27)39(22-21-38(2)3)34(41)25-13-9-6-10-14-25/h5-20,23,31H,4,21-22H2,1-3H3,(H,37,40). The molecule has 1 heterocycles. The highest BCUT2D eigenvalue weighted by atomic mass is 16.5. The first-order valence-electron chi connectivity index (χ1n) is 14.2. The van der Waals surface area contributed by atoms with Crippen LogP contribution in [0.5, 0.6) is 0 Å². The number of carbonyl (C=O) groups is 3. The third kappa shape index (κ3) is 6.71. The number of nitrogens with one attached hydrogen (secondary N) is 1. The van der Waals surface area contributed by atoms with Crippen molar-refractivity contribution >= 4 is 40.6 Å². The summed E-state index contributed by atoms with van der Waals surface area (Å²) >= 11 is 0. The van der Waals surface area contributed by atoms with Crippen LogP contribution in [-0.2, 0) is 9.53 Å². The van der Waals surface area contributed by atoms with Gasteiger partial charge in [0.25, 0.3) is 5.91 Å². The zero-order chi connectivity index (χ0) is 30.3. The van der Waals surface area contributed by atoms with Gasteiger partial charge < -0.3 is 19.9 Å². The maximum atomic E-state index is 13.4. The Kier molecular flexibility index (Phi) is 9.08. The molecule has 0 radical (unpaired) electrons. The molecule has 8 heteroatoms. The lowest BCUT2D eigenvalue weighted by molar-refractivity contribution is -0.115. The smallest absolute Gasteiger partial charge is 0.338 e. The molecule has 5 rings (SSSR count). The Labute approximate surface area is 251 Å². The average molecular weight is 575 g/mol. The Morgan fingerprint density at radius 3 is 2.09 bits per heavy atom. The minimum absolute atomic E-state index is 0.0786. The van der Waals surface area contributed by atoms with E-state index in [1.807, 2.05) is 104 Å². The summed E-state index contributed by atoms with van der Waals surface area (Å²) in [6.07, 6.45) is 0. The van der Waals surface area contributed by atoms with Gasteiger partial charge in [-0.1, -0.05) is 54.6 Å². The second kappa shape index (κ2) is 13.3. The number of hydrogen-bond acceptors (Lipinski definition) is 6. The van der Waals surface area contributed by atoms with Crippen LogP contribution in [0.2, 0.25) is 0 Å². The van der Waals surface area contributed by atoms with Gasteiger partial charge in [0.15, 0.2) is 0 Å². The second-order valence-electron chi connectivity index (χ2n) is 10.5. The molecule has 1 atom stereocenters. The van der Waals surface area contributed by atoms with Gasteiger partial charge in [-0.25, -0.2) is 4.79 Å². The number of benzene rings is 4. The summed E-state index contributed by atoms with van der Waals surface area (Å²) in [7, 11) is 3.95. The van der Waals surface area contributed by atoms with Crippen molar-refractivity contribution in [2.45, 2.75) is 12.8 Å². The minimum atomic E-state index is -0.676. The van der Waals surface area contributed by atoms with E-state index < -0.39 is 11.9 Å². The van der Waals surface area contributed by atoms with E-state index in [1.54, 1.807) is 30.0 Å². The molecule has 1 unspecified atom stereocenters. The highest BCUT2D eigenvalue weighted by molar-refractivity contribution is 6.24.